The zero-order chi connectivity index (χ0) is 21.7. The fourth-order valence-corrected chi connectivity index (χ4v) is 3.32. The number of anilines is 4. The Labute approximate surface area is 175 Å². The van der Waals surface area contributed by atoms with Crippen molar-refractivity contribution in [2.75, 3.05) is 62.9 Å². The lowest BCUT2D eigenvalue weighted by molar-refractivity contribution is 0.0599. The number of methoxy groups -OCH3 is 2. The summed E-state index contributed by atoms with van der Waals surface area (Å²) in [6, 6.07) is 4.52. The van der Waals surface area contributed by atoms with Crippen LogP contribution in [0.1, 0.15) is 27.6 Å². The van der Waals surface area contributed by atoms with Gasteiger partial charge in [0.1, 0.15) is 12.0 Å². The van der Waals surface area contributed by atoms with Crippen LogP contribution < -0.4 is 16.0 Å². The fourth-order valence-electron chi connectivity index (χ4n) is 3.32. The van der Waals surface area contributed by atoms with E-state index < -0.39 is 11.9 Å². The summed E-state index contributed by atoms with van der Waals surface area (Å²) in [6.45, 7) is 6.66. The first-order valence-electron chi connectivity index (χ1n) is 9.63. The van der Waals surface area contributed by atoms with E-state index >= 15 is 0 Å². The molecule has 0 unspecified atom stereocenters. The zero-order valence-corrected chi connectivity index (χ0v) is 17.3. The van der Waals surface area contributed by atoms with Gasteiger partial charge in [0.2, 0.25) is 0 Å². The molecule has 3 rings (SSSR count). The molecule has 0 saturated carbocycles. The highest BCUT2D eigenvalue weighted by molar-refractivity contribution is 5.97. The Bertz CT molecular complexity index is 893. The average molecular weight is 414 g/mol. The van der Waals surface area contributed by atoms with Gasteiger partial charge in [-0.2, -0.15) is 0 Å². The largest absolute Gasteiger partial charge is 0.465 e. The topological polar surface area (TPSA) is 123 Å². The van der Waals surface area contributed by atoms with Gasteiger partial charge in [-0.25, -0.2) is 19.6 Å². The summed E-state index contributed by atoms with van der Waals surface area (Å²) in [5.74, 6) is -0.112. The second-order valence-corrected chi connectivity index (χ2v) is 6.79. The van der Waals surface area contributed by atoms with Gasteiger partial charge in [-0.3, -0.25) is 0 Å². The van der Waals surface area contributed by atoms with Crippen LogP contribution in [-0.2, 0) is 9.47 Å². The normalized spacial score (nSPS) is 14.3. The number of hydrogen-bond acceptors (Lipinski definition) is 10. The number of hydrogen-bond donors (Lipinski definition) is 2. The summed E-state index contributed by atoms with van der Waals surface area (Å²) in [6.07, 6.45) is 1.44. The average Bonchev–Trinajstić information content (AvgIpc) is 2.79. The van der Waals surface area contributed by atoms with Crippen LogP contribution >= 0.6 is 0 Å². The molecule has 0 atom stereocenters. The molecule has 1 aliphatic rings. The van der Waals surface area contributed by atoms with Crippen LogP contribution in [0.4, 0.5) is 23.0 Å². The minimum atomic E-state index is -0.575. The first-order valence-corrected chi connectivity index (χ1v) is 9.63. The molecule has 10 nitrogen and oxygen atoms in total. The number of carbonyl (C=O) groups excluding carboxylic acids is 2. The number of ether oxygens (including phenoxy) is 2. The molecule has 1 aromatic carbocycles. The highest BCUT2D eigenvalue weighted by Crippen LogP contribution is 2.30. The third-order valence-corrected chi connectivity index (χ3v) is 5.02. The smallest absolute Gasteiger partial charge is 0.337 e. The highest BCUT2D eigenvalue weighted by atomic mass is 16.5. The number of nitrogens with zero attached hydrogens (tertiary/aromatic N) is 4. The number of esters is 2. The Morgan fingerprint density at radius 3 is 2.17 bits per heavy atom. The number of aromatic nitrogens is 2. The zero-order valence-electron chi connectivity index (χ0n) is 17.3. The van der Waals surface area contributed by atoms with Gasteiger partial charge in [0.25, 0.3) is 0 Å². The molecule has 160 valence electrons. The second-order valence-electron chi connectivity index (χ2n) is 6.79. The van der Waals surface area contributed by atoms with Crippen molar-refractivity contribution in [3.8, 4) is 0 Å². The van der Waals surface area contributed by atoms with Crippen molar-refractivity contribution in [2.24, 2.45) is 0 Å². The Morgan fingerprint density at radius 2 is 1.63 bits per heavy atom. The Balaban J connectivity index is 1.89. The van der Waals surface area contributed by atoms with Crippen molar-refractivity contribution >= 4 is 34.9 Å². The van der Waals surface area contributed by atoms with Crippen LogP contribution in [0.15, 0.2) is 24.5 Å². The van der Waals surface area contributed by atoms with E-state index in [9.17, 15) is 9.59 Å². The van der Waals surface area contributed by atoms with Crippen LogP contribution in [0.2, 0.25) is 0 Å². The summed E-state index contributed by atoms with van der Waals surface area (Å²) in [4.78, 5) is 37.1. The molecule has 0 amide bonds. The lowest BCUT2D eigenvalue weighted by Gasteiger charge is -2.35. The summed E-state index contributed by atoms with van der Waals surface area (Å²) < 4.78 is 9.54. The standard InChI is InChI=1S/C20H26N6O4/c1-4-25-5-7-26(8-6-25)18-16(21)17(22-12-23-18)24-15-10-13(19(27)29-2)9-14(11-15)20(28)30-3/h9-12H,4-8,21H2,1-3H3,(H,22,23,24). The van der Waals surface area contributed by atoms with Crippen molar-refractivity contribution in [1.82, 2.24) is 14.9 Å². The summed E-state index contributed by atoms with van der Waals surface area (Å²) in [7, 11) is 2.54. The van der Waals surface area contributed by atoms with Crippen molar-refractivity contribution in [1.29, 1.82) is 0 Å². The van der Waals surface area contributed by atoms with Gasteiger partial charge in [0.05, 0.1) is 25.3 Å². The monoisotopic (exact) mass is 414 g/mol. The van der Waals surface area contributed by atoms with Crippen molar-refractivity contribution in [3.63, 3.8) is 0 Å². The summed E-state index contributed by atoms with van der Waals surface area (Å²) in [5, 5.41) is 3.08. The molecular weight excluding hydrogens is 388 g/mol. The van der Waals surface area contributed by atoms with Crippen LogP contribution in [0.5, 0.6) is 0 Å². The first kappa shape index (κ1) is 21.3. The molecule has 3 N–H and O–H groups in total. The van der Waals surface area contributed by atoms with Crippen molar-refractivity contribution in [2.45, 2.75) is 6.92 Å². The molecule has 0 bridgehead atoms. The Morgan fingerprint density at radius 1 is 1.03 bits per heavy atom. The van der Waals surface area contributed by atoms with E-state index in [1.54, 1.807) is 12.1 Å². The Kier molecular flexibility index (Phi) is 6.68. The predicted molar refractivity (Wildman–Crippen MR) is 113 cm³/mol. The SMILES string of the molecule is CCN1CCN(c2ncnc(Nc3cc(C(=O)OC)cc(C(=O)OC)c3)c2N)CC1. The molecule has 10 heteroatoms. The number of rotatable bonds is 6. The maximum absolute atomic E-state index is 12.0. The Hall–Kier alpha value is -3.40. The summed E-state index contributed by atoms with van der Waals surface area (Å²) >= 11 is 0. The van der Waals surface area contributed by atoms with E-state index in [1.165, 1.54) is 26.6 Å². The third-order valence-electron chi connectivity index (χ3n) is 5.02. The molecule has 2 heterocycles. The number of likely N-dealkylation sites (N-methyl/N-ethyl adjacent to an activating group) is 1. The minimum absolute atomic E-state index is 0.200. The molecule has 0 radical (unpaired) electrons. The molecule has 1 aromatic heterocycles. The highest BCUT2D eigenvalue weighted by Gasteiger charge is 2.21. The number of nitrogens with two attached hydrogens (primary N) is 1. The van der Waals surface area contributed by atoms with E-state index in [0.29, 0.717) is 23.0 Å². The molecule has 0 aliphatic carbocycles. The fraction of sp³-hybridized carbons (Fsp3) is 0.400. The number of benzene rings is 1. The van der Waals surface area contributed by atoms with Crippen LogP contribution in [-0.4, -0.2) is 73.7 Å². The van der Waals surface area contributed by atoms with Crippen molar-refractivity contribution < 1.29 is 19.1 Å². The van der Waals surface area contributed by atoms with Crippen LogP contribution in [0, 0.1) is 0 Å². The van der Waals surface area contributed by atoms with Gasteiger partial charge in [0.15, 0.2) is 11.6 Å². The van der Waals surface area contributed by atoms with E-state index in [-0.39, 0.29) is 11.1 Å². The lowest BCUT2D eigenvalue weighted by atomic mass is 10.1. The second kappa shape index (κ2) is 9.40. The van der Waals surface area contributed by atoms with Gasteiger partial charge < -0.3 is 30.3 Å². The van der Waals surface area contributed by atoms with Gasteiger partial charge in [0, 0.05) is 31.9 Å². The molecular formula is C20H26N6O4. The molecule has 0 spiro atoms. The number of nitrogen functional groups attached to an aromatic ring is 1. The van der Waals surface area contributed by atoms with E-state index in [2.05, 4.69) is 32.0 Å². The number of carbonyl (C=O) groups is 2. The molecule has 2 aromatic rings. The third kappa shape index (κ3) is 4.60. The number of nitrogens with one attached hydrogen (secondary N) is 1. The maximum atomic E-state index is 12.0. The van der Waals surface area contributed by atoms with Gasteiger partial charge in [-0.15, -0.1) is 0 Å². The van der Waals surface area contributed by atoms with E-state index in [0.717, 1.165) is 32.7 Å². The van der Waals surface area contributed by atoms with Gasteiger partial charge >= 0.3 is 11.9 Å². The molecule has 1 fully saturated rings. The van der Waals surface area contributed by atoms with Crippen LogP contribution in [0.25, 0.3) is 0 Å². The maximum Gasteiger partial charge on any atom is 0.337 e. The molecule has 1 saturated heterocycles. The summed E-state index contributed by atoms with van der Waals surface area (Å²) in [5.41, 5.74) is 7.60. The lowest BCUT2D eigenvalue weighted by Crippen LogP contribution is -2.46. The minimum Gasteiger partial charge on any atom is -0.465 e. The predicted octanol–water partition coefficient (Wildman–Crippen LogP) is 1.52. The van der Waals surface area contributed by atoms with Gasteiger partial charge in [-0.1, -0.05) is 6.92 Å². The van der Waals surface area contributed by atoms with E-state index in [4.69, 9.17) is 15.2 Å². The molecule has 30 heavy (non-hydrogen) atoms. The molecule has 1 aliphatic heterocycles. The van der Waals surface area contributed by atoms with Gasteiger partial charge in [-0.05, 0) is 24.7 Å². The first-order chi connectivity index (χ1) is 14.5. The van der Waals surface area contributed by atoms with E-state index in [1.807, 2.05) is 0 Å². The van der Waals surface area contributed by atoms with Crippen LogP contribution in [0.3, 0.4) is 0 Å². The van der Waals surface area contributed by atoms with Crippen molar-refractivity contribution in [3.05, 3.63) is 35.7 Å². The number of piperazine rings is 1. The quantitative estimate of drug-likeness (QED) is 0.673.